The Labute approximate surface area is 193 Å². The summed E-state index contributed by atoms with van der Waals surface area (Å²) in [4.78, 5) is 25.5. The number of rotatable bonds is 4. The van der Waals surface area contributed by atoms with Crippen molar-refractivity contribution in [3.05, 3.63) is 66.3 Å². The third kappa shape index (κ3) is 4.33. The summed E-state index contributed by atoms with van der Waals surface area (Å²) >= 11 is 1.59. The molecule has 5 heterocycles. The summed E-state index contributed by atoms with van der Waals surface area (Å²) in [5.41, 5.74) is 3.43. The van der Waals surface area contributed by atoms with E-state index in [4.69, 9.17) is 4.52 Å². The number of aromatic nitrogens is 5. The Kier molecular flexibility index (Phi) is 5.14. The van der Waals surface area contributed by atoms with Gasteiger partial charge >= 0.3 is 6.03 Å². The van der Waals surface area contributed by atoms with Gasteiger partial charge in [0.25, 0.3) is 0 Å². The molecule has 9 nitrogen and oxygen atoms in total. The minimum atomic E-state index is -0.450. The maximum atomic E-state index is 12.3. The number of imidazole rings is 1. The fourth-order valence-corrected chi connectivity index (χ4v) is 3.90. The molecule has 0 fully saturated rings. The number of nitrogens with zero attached hydrogens (tertiary/aromatic N) is 5. The van der Waals surface area contributed by atoms with E-state index in [2.05, 4.69) is 30.7 Å². The Bertz CT molecular complexity index is 1410. The molecule has 0 bridgehead atoms. The van der Waals surface area contributed by atoms with Crippen LogP contribution in [0.25, 0.3) is 27.5 Å². The highest BCUT2D eigenvalue weighted by atomic mass is 32.1. The topological polar surface area (TPSA) is 110 Å². The van der Waals surface area contributed by atoms with Crippen molar-refractivity contribution in [3.8, 4) is 21.8 Å². The number of carbonyl (C=O) groups is 1. The molecule has 5 aromatic rings. The van der Waals surface area contributed by atoms with Crippen LogP contribution in [-0.4, -0.2) is 30.5 Å². The monoisotopic (exact) mass is 459 g/mol. The van der Waals surface area contributed by atoms with Gasteiger partial charge in [-0.1, -0.05) is 25.9 Å². The Morgan fingerprint density at radius 3 is 2.55 bits per heavy atom. The largest absolute Gasteiger partial charge is 0.359 e. The highest BCUT2D eigenvalue weighted by molar-refractivity contribution is 7.13. The van der Waals surface area contributed by atoms with Crippen LogP contribution in [0.3, 0.4) is 0 Å². The van der Waals surface area contributed by atoms with E-state index in [0.717, 1.165) is 27.5 Å². The molecule has 5 aromatic heterocycles. The molecule has 5 rings (SSSR count). The van der Waals surface area contributed by atoms with Crippen molar-refractivity contribution in [1.29, 1.82) is 0 Å². The van der Waals surface area contributed by atoms with E-state index < -0.39 is 6.03 Å². The second-order valence-electron chi connectivity index (χ2n) is 8.46. The molecule has 33 heavy (non-hydrogen) atoms. The quantitative estimate of drug-likeness (QED) is 0.370. The average molecular weight is 460 g/mol. The molecule has 0 saturated heterocycles. The molecule has 166 valence electrons. The zero-order chi connectivity index (χ0) is 23.0. The van der Waals surface area contributed by atoms with Crippen LogP contribution >= 0.6 is 11.3 Å². The normalized spacial score (nSPS) is 11.6. The van der Waals surface area contributed by atoms with Gasteiger partial charge in [0, 0.05) is 46.6 Å². The predicted octanol–water partition coefficient (Wildman–Crippen LogP) is 5.45. The molecule has 2 amide bonds. The summed E-state index contributed by atoms with van der Waals surface area (Å²) < 4.78 is 7.27. The third-order valence-electron chi connectivity index (χ3n) is 4.98. The van der Waals surface area contributed by atoms with E-state index in [0.29, 0.717) is 17.4 Å². The summed E-state index contributed by atoms with van der Waals surface area (Å²) in [6.07, 6.45) is 7.26. The molecule has 0 spiro atoms. The zero-order valence-corrected chi connectivity index (χ0v) is 19.1. The first-order valence-corrected chi connectivity index (χ1v) is 11.1. The van der Waals surface area contributed by atoms with Gasteiger partial charge in [-0.2, -0.15) is 0 Å². The van der Waals surface area contributed by atoms with E-state index in [1.54, 1.807) is 42.1 Å². The van der Waals surface area contributed by atoms with Crippen molar-refractivity contribution in [2.45, 2.75) is 26.2 Å². The molecular formula is C23H21N7O2S. The number of pyridine rings is 2. The van der Waals surface area contributed by atoms with Gasteiger partial charge in [-0.3, -0.25) is 15.0 Å². The first kappa shape index (κ1) is 20.8. The van der Waals surface area contributed by atoms with Gasteiger partial charge < -0.3 is 4.52 Å². The number of urea groups is 1. The van der Waals surface area contributed by atoms with Crippen LogP contribution in [0.4, 0.5) is 16.4 Å². The van der Waals surface area contributed by atoms with Crippen molar-refractivity contribution < 1.29 is 9.32 Å². The Balaban J connectivity index is 1.29. The van der Waals surface area contributed by atoms with E-state index in [1.807, 2.05) is 54.9 Å². The lowest BCUT2D eigenvalue weighted by molar-refractivity contribution is 0.261. The Hall–Kier alpha value is -4.05. The number of nitrogens with one attached hydrogen (secondary N) is 2. The van der Waals surface area contributed by atoms with Crippen LogP contribution in [0.5, 0.6) is 0 Å². The van der Waals surface area contributed by atoms with Crippen molar-refractivity contribution in [2.24, 2.45) is 0 Å². The summed E-state index contributed by atoms with van der Waals surface area (Å²) in [5.74, 6) is 1.44. The smallest absolute Gasteiger partial charge is 0.326 e. The van der Waals surface area contributed by atoms with Gasteiger partial charge in [0.1, 0.15) is 22.2 Å². The van der Waals surface area contributed by atoms with Crippen LogP contribution in [0, 0.1) is 0 Å². The Morgan fingerprint density at radius 1 is 1.00 bits per heavy atom. The lowest BCUT2D eigenvalue weighted by Gasteiger charge is -2.12. The minimum absolute atomic E-state index is 0.193. The van der Waals surface area contributed by atoms with Gasteiger partial charge in [0.2, 0.25) is 0 Å². The molecule has 0 unspecified atom stereocenters. The van der Waals surface area contributed by atoms with Crippen molar-refractivity contribution in [3.63, 3.8) is 0 Å². The number of carbonyl (C=O) groups excluding carboxylic acids is 1. The molecule has 2 N–H and O–H groups in total. The van der Waals surface area contributed by atoms with E-state index in [1.165, 1.54) is 0 Å². The highest BCUT2D eigenvalue weighted by Gasteiger charge is 2.20. The maximum absolute atomic E-state index is 12.3. The first-order chi connectivity index (χ1) is 15.9. The van der Waals surface area contributed by atoms with Crippen molar-refractivity contribution in [1.82, 2.24) is 24.5 Å². The highest BCUT2D eigenvalue weighted by Crippen LogP contribution is 2.27. The standard InChI is InChI=1S/C23H21N7O2S/c1-23(2,3)17-11-19(29-32-17)28-22(31)27-18-5-4-15(12-25-18)16-13-26-20-10-14(6-8-30(16)20)21-24-7-9-33-21/h4-13H,1-3H3,(H2,25,27,28,29,31). The third-order valence-corrected chi connectivity index (χ3v) is 5.81. The number of anilines is 2. The average Bonchev–Trinajstić information content (AvgIpc) is 3.54. The lowest BCUT2D eigenvalue weighted by Crippen LogP contribution is -2.20. The number of thiazole rings is 1. The molecule has 0 radical (unpaired) electrons. The predicted molar refractivity (Wildman–Crippen MR) is 127 cm³/mol. The Morgan fingerprint density at radius 2 is 1.85 bits per heavy atom. The van der Waals surface area contributed by atoms with Crippen LogP contribution < -0.4 is 10.6 Å². The molecular weight excluding hydrogens is 438 g/mol. The molecule has 10 heteroatoms. The summed E-state index contributed by atoms with van der Waals surface area (Å²) in [6, 6.07) is 8.90. The van der Waals surface area contributed by atoms with Gasteiger partial charge in [-0.05, 0) is 24.3 Å². The minimum Gasteiger partial charge on any atom is -0.359 e. The summed E-state index contributed by atoms with van der Waals surface area (Å²) in [5, 5.41) is 12.1. The maximum Gasteiger partial charge on any atom is 0.326 e. The van der Waals surface area contributed by atoms with E-state index in [9.17, 15) is 4.79 Å². The van der Waals surface area contributed by atoms with Crippen LogP contribution in [0.2, 0.25) is 0 Å². The van der Waals surface area contributed by atoms with E-state index >= 15 is 0 Å². The van der Waals surface area contributed by atoms with E-state index in [-0.39, 0.29) is 5.41 Å². The lowest BCUT2D eigenvalue weighted by atomic mass is 9.93. The second kappa shape index (κ2) is 8.14. The SMILES string of the molecule is CC(C)(C)c1cc(NC(=O)Nc2ccc(-c3cnc4cc(-c5nccs5)ccn34)cn2)no1. The van der Waals surface area contributed by atoms with Crippen molar-refractivity contribution >= 4 is 34.7 Å². The van der Waals surface area contributed by atoms with Gasteiger partial charge in [0.15, 0.2) is 5.82 Å². The molecule has 0 aromatic carbocycles. The molecule has 0 saturated carbocycles. The number of fused-ring (bicyclic) bond motifs is 1. The molecule has 0 aliphatic carbocycles. The fourth-order valence-electron chi connectivity index (χ4n) is 3.26. The molecule has 0 atom stereocenters. The van der Waals surface area contributed by atoms with Crippen molar-refractivity contribution in [2.75, 3.05) is 10.6 Å². The van der Waals surface area contributed by atoms with Gasteiger partial charge in [-0.15, -0.1) is 11.3 Å². The fraction of sp³-hybridized carbons (Fsp3) is 0.174. The van der Waals surface area contributed by atoms with Gasteiger partial charge in [-0.25, -0.2) is 19.7 Å². The van der Waals surface area contributed by atoms with Gasteiger partial charge in [0.05, 0.1) is 11.9 Å². The summed E-state index contributed by atoms with van der Waals surface area (Å²) in [7, 11) is 0. The van der Waals surface area contributed by atoms with Crippen LogP contribution in [0.1, 0.15) is 26.5 Å². The van der Waals surface area contributed by atoms with Crippen LogP contribution in [0.15, 0.2) is 65.0 Å². The van der Waals surface area contributed by atoms with Crippen LogP contribution in [-0.2, 0) is 5.41 Å². The molecule has 0 aliphatic rings. The number of amides is 2. The number of hydrogen-bond acceptors (Lipinski definition) is 7. The second-order valence-corrected chi connectivity index (χ2v) is 9.36. The summed E-state index contributed by atoms with van der Waals surface area (Å²) in [6.45, 7) is 6.02. The number of hydrogen-bond donors (Lipinski definition) is 2. The zero-order valence-electron chi connectivity index (χ0n) is 18.2. The molecule has 0 aliphatic heterocycles. The first-order valence-electron chi connectivity index (χ1n) is 10.3.